The summed E-state index contributed by atoms with van der Waals surface area (Å²) in [6.45, 7) is 4.06. The standard InChI is InChI=1S/C20H23N3O2/c24-20(9-8-17-5-4-10-21-15-17)22-19(18-6-2-1-3-7-18)16-23-11-13-25-14-12-23/h1-10,15,19H,11-14,16H2,(H,22,24)/b9-8+. The van der Waals surface area contributed by atoms with Crippen molar-refractivity contribution in [1.82, 2.24) is 15.2 Å². The molecule has 1 N–H and O–H groups in total. The number of carbonyl (C=O) groups is 1. The number of rotatable bonds is 6. The van der Waals surface area contributed by atoms with E-state index < -0.39 is 0 Å². The van der Waals surface area contributed by atoms with Gasteiger partial charge in [-0.1, -0.05) is 36.4 Å². The van der Waals surface area contributed by atoms with Crippen molar-refractivity contribution in [1.29, 1.82) is 0 Å². The molecule has 0 saturated carbocycles. The van der Waals surface area contributed by atoms with Gasteiger partial charge >= 0.3 is 0 Å². The molecule has 1 atom stereocenters. The van der Waals surface area contributed by atoms with Gasteiger partial charge in [0.25, 0.3) is 0 Å². The molecule has 2 aromatic rings. The van der Waals surface area contributed by atoms with Crippen LogP contribution in [-0.4, -0.2) is 48.6 Å². The third-order valence-corrected chi connectivity index (χ3v) is 4.17. The Hall–Kier alpha value is -2.50. The van der Waals surface area contributed by atoms with Gasteiger partial charge in [-0.2, -0.15) is 0 Å². The monoisotopic (exact) mass is 337 g/mol. The van der Waals surface area contributed by atoms with E-state index in [1.165, 1.54) is 0 Å². The van der Waals surface area contributed by atoms with Gasteiger partial charge in [-0.3, -0.25) is 14.7 Å². The molecule has 1 aliphatic rings. The summed E-state index contributed by atoms with van der Waals surface area (Å²) < 4.78 is 5.41. The molecular formula is C20H23N3O2. The molecule has 130 valence electrons. The van der Waals surface area contributed by atoms with Gasteiger partial charge in [0.1, 0.15) is 0 Å². The fourth-order valence-corrected chi connectivity index (χ4v) is 2.83. The highest BCUT2D eigenvalue weighted by Gasteiger charge is 2.19. The molecule has 0 spiro atoms. The first-order valence-corrected chi connectivity index (χ1v) is 8.55. The minimum atomic E-state index is -0.106. The van der Waals surface area contributed by atoms with E-state index in [2.05, 4.69) is 27.3 Å². The average Bonchev–Trinajstić information content (AvgIpc) is 2.68. The molecule has 1 aromatic heterocycles. The maximum Gasteiger partial charge on any atom is 0.244 e. The summed E-state index contributed by atoms with van der Waals surface area (Å²) in [7, 11) is 0. The summed E-state index contributed by atoms with van der Waals surface area (Å²) in [4.78, 5) is 18.8. The summed E-state index contributed by atoms with van der Waals surface area (Å²) >= 11 is 0. The minimum absolute atomic E-state index is 0.0506. The Kier molecular flexibility index (Phi) is 6.31. The van der Waals surface area contributed by atoms with Crippen molar-refractivity contribution in [3.63, 3.8) is 0 Å². The number of hydrogen-bond acceptors (Lipinski definition) is 4. The Bertz CT molecular complexity index is 683. The Morgan fingerprint density at radius 1 is 1.20 bits per heavy atom. The Morgan fingerprint density at radius 3 is 2.72 bits per heavy atom. The van der Waals surface area contributed by atoms with Crippen molar-refractivity contribution >= 4 is 12.0 Å². The summed E-state index contributed by atoms with van der Waals surface area (Å²) in [5.74, 6) is -0.106. The molecule has 0 aliphatic carbocycles. The van der Waals surface area contributed by atoms with Gasteiger partial charge in [0.15, 0.2) is 0 Å². The summed E-state index contributed by atoms with van der Waals surface area (Å²) in [6.07, 6.45) is 6.78. The molecule has 0 bridgehead atoms. The minimum Gasteiger partial charge on any atom is -0.379 e. The van der Waals surface area contributed by atoms with E-state index in [-0.39, 0.29) is 11.9 Å². The van der Waals surface area contributed by atoms with Gasteiger partial charge in [-0.25, -0.2) is 0 Å². The number of pyridine rings is 1. The van der Waals surface area contributed by atoms with Crippen molar-refractivity contribution in [2.45, 2.75) is 6.04 Å². The molecule has 1 amide bonds. The van der Waals surface area contributed by atoms with E-state index in [4.69, 9.17) is 4.74 Å². The zero-order chi connectivity index (χ0) is 17.3. The molecule has 1 unspecified atom stereocenters. The summed E-state index contributed by atoms with van der Waals surface area (Å²) in [5.41, 5.74) is 2.01. The number of nitrogens with one attached hydrogen (secondary N) is 1. The topological polar surface area (TPSA) is 54.5 Å². The lowest BCUT2D eigenvalue weighted by Gasteiger charge is -2.31. The largest absolute Gasteiger partial charge is 0.379 e. The fraction of sp³-hybridized carbons (Fsp3) is 0.300. The van der Waals surface area contributed by atoms with Crippen LogP contribution in [0.1, 0.15) is 17.2 Å². The van der Waals surface area contributed by atoms with Crippen LogP contribution in [0.25, 0.3) is 6.08 Å². The van der Waals surface area contributed by atoms with Gasteiger partial charge in [0, 0.05) is 38.1 Å². The Morgan fingerprint density at radius 2 is 2.00 bits per heavy atom. The lowest BCUT2D eigenvalue weighted by Crippen LogP contribution is -2.42. The van der Waals surface area contributed by atoms with Gasteiger partial charge < -0.3 is 10.1 Å². The summed E-state index contributed by atoms with van der Waals surface area (Å²) in [6, 6.07) is 13.8. The smallest absolute Gasteiger partial charge is 0.244 e. The van der Waals surface area contributed by atoms with Crippen LogP contribution < -0.4 is 5.32 Å². The number of benzene rings is 1. The number of nitrogens with zero attached hydrogens (tertiary/aromatic N) is 2. The van der Waals surface area contributed by atoms with Gasteiger partial charge in [0.05, 0.1) is 19.3 Å². The van der Waals surface area contributed by atoms with Crippen LogP contribution in [0.15, 0.2) is 60.9 Å². The van der Waals surface area contributed by atoms with Crippen molar-refractivity contribution < 1.29 is 9.53 Å². The normalized spacial score (nSPS) is 16.6. The van der Waals surface area contributed by atoms with E-state index >= 15 is 0 Å². The van der Waals surface area contributed by atoms with E-state index in [0.717, 1.165) is 44.0 Å². The highest BCUT2D eigenvalue weighted by molar-refractivity contribution is 5.91. The molecule has 5 nitrogen and oxygen atoms in total. The SMILES string of the molecule is O=C(/C=C/c1cccnc1)NC(CN1CCOCC1)c1ccccc1. The van der Waals surface area contributed by atoms with Gasteiger partial charge in [-0.15, -0.1) is 0 Å². The van der Waals surface area contributed by atoms with E-state index in [1.54, 1.807) is 24.5 Å². The van der Waals surface area contributed by atoms with Crippen LogP contribution in [0.3, 0.4) is 0 Å². The zero-order valence-electron chi connectivity index (χ0n) is 14.2. The highest BCUT2D eigenvalue weighted by Crippen LogP contribution is 2.15. The Labute approximate surface area is 148 Å². The van der Waals surface area contributed by atoms with E-state index in [1.807, 2.05) is 30.3 Å². The third-order valence-electron chi connectivity index (χ3n) is 4.17. The molecule has 0 radical (unpaired) electrons. The van der Waals surface area contributed by atoms with Crippen molar-refractivity contribution in [3.05, 3.63) is 72.1 Å². The predicted molar refractivity (Wildman–Crippen MR) is 97.9 cm³/mol. The maximum absolute atomic E-state index is 12.4. The van der Waals surface area contributed by atoms with Crippen molar-refractivity contribution in [2.24, 2.45) is 0 Å². The van der Waals surface area contributed by atoms with Crippen molar-refractivity contribution in [3.8, 4) is 0 Å². The third kappa shape index (κ3) is 5.52. The second kappa shape index (κ2) is 9.11. The molecule has 5 heteroatoms. The predicted octanol–water partition coefficient (Wildman–Crippen LogP) is 2.28. The van der Waals surface area contributed by atoms with Crippen LogP contribution in [0, 0.1) is 0 Å². The van der Waals surface area contributed by atoms with Crippen LogP contribution >= 0.6 is 0 Å². The van der Waals surface area contributed by atoms with Crippen LogP contribution in [0.5, 0.6) is 0 Å². The second-order valence-electron chi connectivity index (χ2n) is 6.00. The van der Waals surface area contributed by atoms with Gasteiger partial charge in [0.2, 0.25) is 5.91 Å². The molecule has 1 saturated heterocycles. The molecule has 2 heterocycles. The number of hydrogen-bond donors (Lipinski definition) is 1. The number of morpholine rings is 1. The molecule has 3 rings (SSSR count). The number of aromatic nitrogens is 1. The maximum atomic E-state index is 12.4. The fourth-order valence-electron chi connectivity index (χ4n) is 2.83. The molecule has 1 aromatic carbocycles. The first-order valence-electron chi connectivity index (χ1n) is 8.55. The second-order valence-corrected chi connectivity index (χ2v) is 6.00. The lowest BCUT2D eigenvalue weighted by molar-refractivity contribution is -0.117. The number of amides is 1. The van der Waals surface area contributed by atoms with Crippen LogP contribution in [0.2, 0.25) is 0 Å². The first kappa shape index (κ1) is 17.3. The van der Waals surface area contributed by atoms with Crippen molar-refractivity contribution in [2.75, 3.05) is 32.8 Å². The van der Waals surface area contributed by atoms with Crippen LogP contribution in [-0.2, 0) is 9.53 Å². The molecule has 1 aliphatic heterocycles. The average molecular weight is 337 g/mol. The first-order chi connectivity index (χ1) is 12.3. The van der Waals surface area contributed by atoms with E-state index in [0.29, 0.717) is 0 Å². The lowest BCUT2D eigenvalue weighted by atomic mass is 10.1. The number of ether oxygens (including phenoxy) is 1. The Balaban J connectivity index is 1.66. The highest BCUT2D eigenvalue weighted by atomic mass is 16.5. The molecular weight excluding hydrogens is 314 g/mol. The quantitative estimate of drug-likeness (QED) is 0.822. The van der Waals surface area contributed by atoms with Crippen LogP contribution in [0.4, 0.5) is 0 Å². The zero-order valence-corrected chi connectivity index (χ0v) is 14.2. The van der Waals surface area contributed by atoms with Gasteiger partial charge in [-0.05, 0) is 23.3 Å². The number of carbonyl (C=O) groups excluding carboxylic acids is 1. The molecule has 1 fully saturated rings. The molecule has 25 heavy (non-hydrogen) atoms. The summed E-state index contributed by atoms with van der Waals surface area (Å²) in [5, 5.41) is 3.12. The van der Waals surface area contributed by atoms with E-state index in [9.17, 15) is 4.79 Å².